The molecule has 0 aromatic heterocycles. The van der Waals surface area contributed by atoms with E-state index in [1.165, 1.54) is 5.56 Å². The van der Waals surface area contributed by atoms with E-state index < -0.39 is 0 Å². The van der Waals surface area contributed by atoms with E-state index in [1.807, 2.05) is 48.5 Å². The molecule has 17 heavy (non-hydrogen) atoms. The minimum atomic E-state index is 0.753. The zero-order chi connectivity index (χ0) is 12.1. The number of hydrogen-bond acceptors (Lipinski definition) is 2. The van der Waals surface area contributed by atoms with Crippen molar-refractivity contribution >= 4 is 6.29 Å². The molecule has 0 N–H and O–H groups in total. The van der Waals surface area contributed by atoms with Gasteiger partial charge in [0.15, 0.2) is 0 Å². The number of hydrogen-bond donors (Lipinski definition) is 0. The molecule has 0 amide bonds. The van der Waals surface area contributed by atoms with Crippen LogP contribution >= 0.6 is 0 Å². The van der Waals surface area contributed by atoms with Crippen LogP contribution in [0.25, 0.3) is 0 Å². The van der Waals surface area contributed by atoms with Gasteiger partial charge in [0.1, 0.15) is 12.0 Å². The molecule has 0 fully saturated rings. The summed E-state index contributed by atoms with van der Waals surface area (Å²) in [5, 5.41) is 0. The topological polar surface area (TPSA) is 26.3 Å². The van der Waals surface area contributed by atoms with Gasteiger partial charge in [-0.05, 0) is 29.7 Å². The smallest absolute Gasteiger partial charge is 0.150 e. The van der Waals surface area contributed by atoms with E-state index in [4.69, 9.17) is 4.74 Å². The van der Waals surface area contributed by atoms with E-state index in [1.54, 1.807) is 7.11 Å². The summed E-state index contributed by atoms with van der Waals surface area (Å²) >= 11 is 0. The Morgan fingerprint density at radius 2 is 1.76 bits per heavy atom. The summed E-state index contributed by atoms with van der Waals surface area (Å²) in [5.74, 6) is 0.845. The van der Waals surface area contributed by atoms with Gasteiger partial charge in [-0.3, -0.25) is 4.79 Å². The highest BCUT2D eigenvalue weighted by molar-refractivity contribution is 5.77. The van der Waals surface area contributed by atoms with Crippen molar-refractivity contribution in [1.29, 1.82) is 0 Å². The number of rotatable bonds is 4. The predicted molar refractivity (Wildman–Crippen MR) is 67.6 cm³/mol. The van der Waals surface area contributed by atoms with Gasteiger partial charge in [-0.2, -0.15) is 0 Å². The highest BCUT2D eigenvalue weighted by Gasteiger charge is 2.02. The molecule has 0 radical (unpaired) electrons. The first-order chi connectivity index (χ1) is 8.33. The third kappa shape index (κ3) is 2.72. The van der Waals surface area contributed by atoms with Gasteiger partial charge in [-0.1, -0.05) is 36.4 Å². The summed E-state index contributed by atoms with van der Waals surface area (Å²) in [6.07, 6.45) is 1.66. The summed E-state index contributed by atoms with van der Waals surface area (Å²) in [7, 11) is 1.65. The van der Waals surface area contributed by atoms with E-state index in [0.717, 1.165) is 29.6 Å². The zero-order valence-electron chi connectivity index (χ0n) is 9.72. The second-order valence-corrected chi connectivity index (χ2v) is 3.84. The molecular weight excluding hydrogens is 212 g/mol. The molecule has 0 aliphatic carbocycles. The Labute approximate surface area is 101 Å². The van der Waals surface area contributed by atoms with Crippen molar-refractivity contribution < 1.29 is 9.53 Å². The first-order valence-electron chi connectivity index (χ1n) is 5.49. The van der Waals surface area contributed by atoms with Gasteiger partial charge >= 0.3 is 0 Å². The van der Waals surface area contributed by atoms with E-state index >= 15 is 0 Å². The van der Waals surface area contributed by atoms with Crippen LogP contribution in [0.5, 0.6) is 5.75 Å². The number of ether oxygens (including phenoxy) is 1. The Kier molecular flexibility index (Phi) is 3.55. The molecule has 2 aromatic rings. The minimum absolute atomic E-state index is 0.753. The predicted octanol–water partition coefficient (Wildman–Crippen LogP) is 3.10. The number of methoxy groups -OCH3 is 1. The van der Waals surface area contributed by atoms with E-state index in [9.17, 15) is 4.79 Å². The molecule has 2 heteroatoms. The Hall–Kier alpha value is -2.09. The van der Waals surface area contributed by atoms with E-state index in [2.05, 4.69) is 0 Å². The molecular formula is C15H14O2. The van der Waals surface area contributed by atoms with Crippen LogP contribution < -0.4 is 4.74 Å². The Bertz CT molecular complexity index is 501. The third-order valence-electron chi connectivity index (χ3n) is 2.74. The van der Waals surface area contributed by atoms with Crippen molar-refractivity contribution in [2.24, 2.45) is 0 Å². The van der Waals surface area contributed by atoms with Crippen LogP contribution in [0, 0.1) is 0 Å². The molecule has 0 saturated heterocycles. The van der Waals surface area contributed by atoms with Crippen molar-refractivity contribution in [2.75, 3.05) is 7.11 Å². The van der Waals surface area contributed by atoms with Gasteiger partial charge in [-0.25, -0.2) is 0 Å². The number of carbonyl (C=O) groups excluding carboxylic acids is 1. The highest BCUT2D eigenvalue weighted by atomic mass is 16.5. The SMILES string of the molecule is COc1ccc(Cc2ccccc2C=O)cc1. The Morgan fingerprint density at radius 3 is 2.41 bits per heavy atom. The molecule has 86 valence electrons. The van der Waals surface area contributed by atoms with Crippen LogP contribution in [0.4, 0.5) is 0 Å². The standard InChI is InChI=1S/C15H14O2/c1-17-15-8-6-12(7-9-15)10-13-4-2-3-5-14(13)11-16/h2-9,11H,10H2,1H3. The van der Waals surface area contributed by atoms with Gasteiger partial charge in [-0.15, -0.1) is 0 Å². The largest absolute Gasteiger partial charge is 0.497 e. The molecule has 2 nitrogen and oxygen atoms in total. The number of carbonyl (C=O) groups is 1. The van der Waals surface area contributed by atoms with Crippen molar-refractivity contribution in [3.8, 4) is 5.75 Å². The van der Waals surface area contributed by atoms with Gasteiger partial charge in [0.05, 0.1) is 7.11 Å². The monoisotopic (exact) mass is 226 g/mol. The molecule has 0 heterocycles. The van der Waals surface area contributed by atoms with E-state index in [0.29, 0.717) is 0 Å². The maximum Gasteiger partial charge on any atom is 0.150 e. The lowest BCUT2D eigenvalue weighted by Crippen LogP contribution is -1.94. The van der Waals surface area contributed by atoms with Crippen LogP contribution in [0.2, 0.25) is 0 Å². The van der Waals surface area contributed by atoms with Crippen molar-refractivity contribution in [2.45, 2.75) is 6.42 Å². The lowest BCUT2D eigenvalue weighted by atomic mass is 10.0. The molecule has 0 aliphatic rings. The van der Waals surface area contributed by atoms with Crippen LogP contribution in [0.3, 0.4) is 0 Å². The molecule has 2 rings (SSSR count). The van der Waals surface area contributed by atoms with Crippen LogP contribution in [0.15, 0.2) is 48.5 Å². The van der Waals surface area contributed by atoms with E-state index in [-0.39, 0.29) is 0 Å². The first-order valence-corrected chi connectivity index (χ1v) is 5.49. The fourth-order valence-electron chi connectivity index (χ4n) is 1.77. The lowest BCUT2D eigenvalue weighted by molar-refractivity contribution is 0.112. The minimum Gasteiger partial charge on any atom is -0.497 e. The number of benzene rings is 2. The highest BCUT2D eigenvalue weighted by Crippen LogP contribution is 2.16. The molecule has 0 bridgehead atoms. The van der Waals surface area contributed by atoms with Crippen LogP contribution in [0.1, 0.15) is 21.5 Å². The first kappa shape index (κ1) is 11.4. The van der Waals surface area contributed by atoms with Gasteiger partial charge in [0.25, 0.3) is 0 Å². The quantitative estimate of drug-likeness (QED) is 0.749. The van der Waals surface area contributed by atoms with Crippen molar-refractivity contribution in [1.82, 2.24) is 0 Å². The van der Waals surface area contributed by atoms with Crippen LogP contribution in [-0.2, 0) is 6.42 Å². The second kappa shape index (κ2) is 5.30. The van der Waals surface area contributed by atoms with Gasteiger partial charge < -0.3 is 4.74 Å². The van der Waals surface area contributed by atoms with Gasteiger partial charge in [0, 0.05) is 5.56 Å². The molecule has 0 unspecified atom stereocenters. The number of aldehydes is 1. The summed E-state index contributed by atoms with van der Waals surface area (Å²) in [6, 6.07) is 15.5. The molecule has 0 saturated carbocycles. The Morgan fingerprint density at radius 1 is 1.06 bits per heavy atom. The average Bonchev–Trinajstić information content (AvgIpc) is 2.40. The molecule has 0 aliphatic heterocycles. The van der Waals surface area contributed by atoms with Crippen LogP contribution in [-0.4, -0.2) is 13.4 Å². The molecule has 0 atom stereocenters. The fourth-order valence-corrected chi connectivity index (χ4v) is 1.77. The summed E-state index contributed by atoms with van der Waals surface area (Å²) < 4.78 is 5.11. The molecule has 0 spiro atoms. The molecule has 2 aromatic carbocycles. The zero-order valence-corrected chi connectivity index (χ0v) is 9.72. The normalized spacial score (nSPS) is 9.94. The lowest BCUT2D eigenvalue weighted by Gasteiger charge is -2.05. The summed E-state index contributed by atoms with van der Waals surface area (Å²) in [4.78, 5) is 10.9. The second-order valence-electron chi connectivity index (χ2n) is 3.84. The Balaban J connectivity index is 2.22. The maximum absolute atomic E-state index is 10.9. The van der Waals surface area contributed by atoms with Crippen molar-refractivity contribution in [3.63, 3.8) is 0 Å². The maximum atomic E-state index is 10.9. The van der Waals surface area contributed by atoms with Gasteiger partial charge in [0.2, 0.25) is 0 Å². The van der Waals surface area contributed by atoms with Crippen molar-refractivity contribution in [3.05, 3.63) is 65.2 Å². The summed E-state index contributed by atoms with van der Waals surface area (Å²) in [5.41, 5.74) is 2.97. The fraction of sp³-hybridized carbons (Fsp3) is 0.133. The summed E-state index contributed by atoms with van der Waals surface area (Å²) in [6.45, 7) is 0. The average molecular weight is 226 g/mol. The third-order valence-corrected chi connectivity index (χ3v) is 2.74.